The first-order valence-electron chi connectivity index (χ1n) is 5.47. The number of aliphatic hydroxyl groups excluding tert-OH is 2. The summed E-state index contributed by atoms with van der Waals surface area (Å²) in [4.78, 5) is 1.88. The van der Waals surface area contributed by atoms with E-state index in [1.54, 1.807) is 12.1 Å². The Balaban J connectivity index is 2.56. The van der Waals surface area contributed by atoms with Crippen molar-refractivity contribution >= 4 is 11.6 Å². The van der Waals surface area contributed by atoms with Crippen LogP contribution in [0, 0.1) is 5.82 Å². The molecule has 0 amide bonds. The van der Waals surface area contributed by atoms with Crippen LogP contribution in [0.15, 0.2) is 24.3 Å². The first kappa shape index (κ1) is 14.4. The largest absolute Gasteiger partial charge is 0.395 e. The number of rotatable bonds is 7. The van der Waals surface area contributed by atoms with E-state index in [9.17, 15) is 9.50 Å². The maximum absolute atomic E-state index is 12.7. The third-order valence-corrected chi connectivity index (χ3v) is 2.74. The summed E-state index contributed by atoms with van der Waals surface area (Å²) < 4.78 is 12.7. The Hall–Kier alpha value is -0.680. The van der Waals surface area contributed by atoms with Gasteiger partial charge in [0.05, 0.1) is 12.7 Å². The van der Waals surface area contributed by atoms with Crippen molar-refractivity contribution < 1.29 is 14.6 Å². The fourth-order valence-electron chi connectivity index (χ4n) is 1.57. The van der Waals surface area contributed by atoms with Crippen molar-refractivity contribution in [1.29, 1.82) is 0 Å². The molecule has 0 spiro atoms. The van der Waals surface area contributed by atoms with Gasteiger partial charge in [0.1, 0.15) is 5.82 Å². The lowest BCUT2D eigenvalue weighted by Gasteiger charge is -2.23. The second kappa shape index (κ2) is 7.61. The van der Waals surface area contributed by atoms with Crippen LogP contribution >= 0.6 is 11.6 Å². The summed E-state index contributed by atoms with van der Waals surface area (Å²) in [5, 5.41) is 18.4. The number of halogens is 2. The highest BCUT2D eigenvalue weighted by molar-refractivity contribution is 6.18. The molecule has 1 aromatic carbocycles. The number of alkyl halides is 1. The van der Waals surface area contributed by atoms with Gasteiger partial charge >= 0.3 is 0 Å². The topological polar surface area (TPSA) is 43.7 Å². The van der Waals surface area contributed by atoms with E-state index in [2.05, 4.69) is 0 Å². The molecule has 0 saturated carbocycles. The van der Waals surface area contributed by atoms with Crippen LogP contribution in [0.2, 0.25) is 0 Å². The standard InChI is InChI=1S/C12H17ClFNO2/c13-7-12(17)9-15(5-6-16)8-10-1-3-11(14)4-2-10/h1-4,12,16-17H,5-9H2. The predicted octanol–water partition coefficient (Wildman–Crippen LogP) is 1.22. The zero-order valence-electron chi connectivity index (χ0n) is 9.52. The van der Waals surface area contributed by atoms with Crippen LogP contribution in [0.5, 0.6) is 0 Å². The zero-order valence-corrected chi connectivity index (χ0v) is 10.3. The molecule has 0 aliphatic carbocycles. The average molecular weight is 262 g/mol. The average Bonchev–Trinajstić information content (AvgIpc) is 2.32. The molecular formula is C12H17ClFNO2. The summed E-state index contributed by atoms with van der Waals surface area (Å²) in [5.41, 5.74) is 0.932. The summed E-state index contributed by atoms with van der Waals surface area (Å²) in [6.07, 6.45) is -0.622. The number of nitrogens with zero attached hydrogens (tertiary/aromatic N) is 1. The predicted molar refractivity (Wildman–Crippen MR) is 65.5 cm³/mol. The van der Waals surface area contributed by atoms with Gasteiger partial charge in [0.25, 0.3) is 0 Å². The van der Waals surface area contributed by atoms with Gasteiger partial charge in [-0.2, -0.15) is 0 Å². The molecule has 5 heteroatoms. The Morgan fingerprint density at radius 3 is 2.47 bits per heavy atom. The maximum atomic E-state index is 12.7. The van der Waals surface area contributed by atoms with Crippen molar-refractivity contribution in [2.45, 2.75) is 12.6 Å². The van der Waals surface area contributed by atoms with E-state index in [-0.39, 0.29) is 18.3 Å². The van der Waals surface area contributed by atoms with Crippen molar-refractivity contribution in [3.8, 4) is 0 Å². The number of hydrogen-bond donors (Lipinski definition) is 2. The highest BCUT2D eigenvalue weighted by atomic mass is 35.5. The molecule has 0 saturated heterocycles. The first-order chi connectivity index (χ1) is 8.15. The van der Waals surface area contributed by atoms with Crippen LogP contribution in [-0.2, 0) is 6.54 Å². The zero-order chi connectivity index (χ0) is 12.7. The Kier molecular flexibility index (Phi) is 6.44. The third-order valence-electron chi connectivity index (χ3n) is 2.38. The van der Waals surface area contributed by atoms with Gasteiger partial charge in [0.15, 0.2) is 0 Å². The van der Waals surface area contributed by atoms with E-state index in [0.717, 1.165) is 5.56 Å². The van der Waals surface area contributed by atoms with Crippen LogP contribution in [0.3, 0.4) is 0 Å². The van der Waals surface area contributed by atoms with Gasteiger partial charge in [-0.05, 0) is 17.7 Å². The lowest BCUT2D eigenvalue weighted by Crippen LogP contribution is -2.35. The van der Waals surface area contributed by atoms with Crippen molar-refractivity contribution in [2.24, 2.45) is 0 Å². The molecule has 0 bridgehead atoms. The Labute approximate surface area is 105 Å². The minimum absolute atomic E-state index is 0.0101. The molecule has 0 aliphatic rings. The first-order valence-corrected chi connectivity index (χ1v) is 6.01. The second-order valence-corrected chi connectivity index (χ2v) is 4.20. The highest BCUT2D eigenvalue weighted by Gasteiger charge is 2.11. The number of aliphatic hydroxyl groups is 2. The Morgan fingerprint density at radius 2 is 1.94 bits per heavy atom. The third kappa shape index (κ3) is 5.46. The number of hydrogen-bond acceptors (Lipinski definition) is 3. The van der Waals surface area contributed by atoms with Crippen LogP contribution in [0.25, 0.3) is 0 Å². The van der Waals surface area contributed by atoms with Gasteiger partial charge in [-0.1, -0.05) is 12.1 Å². The molecule has 1 atom stereocenters. The minimum Gasteiger partial charge on any atom is -0.395 e. The highest BCUT2D eigenvalue weighted by Crippen LogP contribution is 2.07. The van der Waals surface area contributed by atoms with Crippen LogP contribution in [0.4, 0.5) is 4.39 Å². The second-order valence-electron chi connectivity index (χ2n) is 3.89. The van der Waals surface area contributed by atoms with Crippen molar-refractivity contribution in [3.63, 3.8) is 0 Å². The lowest BCUT2D eigenvalue weighted by atomic mass is 10.2. The van der Waals surface area contributed by atoms with E-state index in [1.807, 2.05) is 4.90 Å². The normalized spacial score (nSPS) is 13.0. The molecule has 96 valence electrons. The van der Waals surface area contributed by atoms with E-state index >= 15 is 0 Å². The molecule has 0 aromatic heterocycles. The SMILES string of the molecule is OCCN(Cc1ccc(F)cc1)CC(O)CCl. The monoisotopic (exact) mass is 261 g/mol. The Morgan fingerprint density at radius 1 is 1.29 bits per heavy atom. The van der Waals surface area contributed by atoms with Gasteiger partial charge in [0.2, 0.25) is 0 Å². The molecule has 0 aliphatic heterocycles. The summed E-state index contributed by atoms with van der Waals surface area (Å²) in [7, 11) is 0. The molecule has 17 heavy (non-hydrogen) atoms. The van der Waals surface area contributed by atoms with Gasteiger partial charge < -0.3 is 10.2 Å². The van der Waals surface area contributed by atoms with Gasteiger partial charge in [-0.25, -0.2) is 4.39 Å². The van der Waals surface area contributed by atoms with E-state index in [4.69, 9.17) is 16.7 Å². The molecule has 2 N–H and O–H groups in total. The van der Waals surface area contributed by atoms with E-state index < -0.39 is 6.10 Å². The van der Waals surface area contributed by atoms with E-state index in [0.29, 0.717) is 19.6 Å². The molecule has 1 unspecified atom stereocenters. The van der Waals surface area contributed by atoms with Crippen molar-refractivity contribution in [3.05, 3.63) is 35.6 Å². The van der Waals surface area contributed by atoms with Gasteiger partial charge in [-0.3, -0.25) is 4.90 Å². The molecule has 0 fully saturated rings. The fraction of sp³-hybridized carbons (Fsp3) is 0.500. The summed E-state index contributed by atoms with van der Waals surface area (Å²) in [6.45, 7) is 1.40. The van der Waals surface area contributed by atoms with Gasteiger partial charge in [0, 0.05) is 25.5 Å². The lowest BCUT2D eigenvalue weighted by molar-refractivity contribution is 0.109. The summed E-state index contributed by atoms with van der Waals surface area (Å²) in [5.74, 6) is -0.117. The smallest absolute Gasteiger partial charge is 0.123 e. The fourth-order valence-corrected chi connectivity index (χ4v) is 1.67. The molecule has 1 rings (SSSR count). The summed E-state index contributed by atoms with van der Waals surface area (Å²) >= 11 is 5.53. The quantitative estimate of drug-likeness (QED) is 0.726. The summed E-state index contributed by atoms with van der Waals surface area (Å²) in [6, 6.07) is 6.16. The van der Waals surface area contributed by atoms with Crippen LogP contribution < -0.4 is 0 Å². The Bertz CT molecular complexity index is 321. The minimum atomic E-state index is -0.622. The molecule has 0 radical (unpaired) electrons. The molecular weight excluding hydrogens is 245 g/mol. The molecule has 3 nitrogen and oxygen atoms in total. The number of benzene rings is 1. The van der Waals surface area contributed by atoms with Crippen LogP contribution in [-0.4, -0.2) is 46.8 Å². The van der Waals surface area contributed by atoms with Crippen LogP contribution in [0.1, 0.15) is 5.56 Å². The maximum Gasteiger partial charge on any atom is 0.123 e. The van der Waals surface area contributed by atoms with E-state index in [1.165, 1.54) is 12.1 Å². The molecule has 1 aromatic rings. The van der Waals surface area contributed by atoms with Gasteiger partial charge in [-0.15, -0.1) is 11.6 Å². The van der Waals surface area contributed by atoms with Crippen molar-refractivity contribution in [1.82, 2.24) is 4.90 Å². The van der Waals surface area contributed by atoms with Crippen molar-refractivity contribution in [2.75, 3.05) is 25.6 Å². The molecule has 0 heterocycles.